The molecule has 1 saturated heterocycles. The highest BCUT2D eigenvalue weighted by Crippen LogP contribution is 2.65. The number of carbonyl (C=O) groups is 3. The van der Waals surface area contributed by atoms with Crippen LogP contribution in [0.2, 0.25) is 0 Å². The number of anilines is 2. The van der Waals surface area contributed by atoms with Crippen LogP contribution < -0.4 is 10.2 Å². The topological polar surface area (TPSA) is 66.5 Å². The fraction of sp³-hybridized carbons (Fsp3) is 0.346. The van der Waals surface area contributed by atoms with Crippen molar-refractivity contribution in [3.8, 4) is 0 Å². The van der Waals surface area contributed by atoms with Gasteiger partial charge in [-0.3, -0.25) is 14.4 Å². The minimum absolute atomic E-state index is 0.147. The average Bonchev–Trinajstić information content (AvgIpc) is 3.54. The summed E-state index contributed by atoms with van der Waals surface area (Å²) in [6.45, 7) is 4.02. The van der Waals surface area contributed by atoms with E-state index >= 15 is 0 Å². The molecule has 2 aromatic carbocycles. The van der Waals surface area contributed by atoms with E-state index in [1.54, 1.807) is 24.3 Å². The minimum atomic E-state index is -0.321. The second-order valence-corrected chi connectivity index (χ2v) is 9.44. The number of hydrogen-bond acceptors (Lipinski definition) is 3. The highest BCUT2D eigenvalue weighted by Gasteiger charge is 2.67. The summed E-state index contributed by atoms with van der Waals surface area (Å²) >= 11 is 0. The molecule has 5 aliphatic rings. The van der Waals surface area contributed by atoms with E-state index in [-0.39, 0.29) is 41.4 Å². The first kappa shape index (κ1) is 18.6. The molecular formula is C26H24N2O3. The Balaban J connectivity index is 1.34. The molecule has 2 bridgehead atoms. The van der Waals surface area contributed by atoms with Crippen LogP contribution in [0.5, 0.6) is 0 Å². The Kier molecular flexibility index (Phi) is 3.83. The Morgan fingerprint density at radius 3 is 2.19 bits per heavy atom. The molecule has 0 spiro atoms. The summed E-state index contributed by atoms with van der Waals surface area (Å²) in [7, 11) is 0. The fourth-order valence-corrected chi connectivity index (χ4v) is 6.07. The summed E-state index contributed by atoms with van der Waals surface area (Å²) in [5.74, 6) is 0.267. The van der Waals surface area contributed by atoms with Crippen LogP contribution >= 0.6 is 0 Å². The zero-order chi connectivity index (χ0) is 21.4. The largest absolute Gasteiger partial charge is 0.322 e. The predicted molar refractivity (Wildman–Crippen MR) is 118 cm³/mol. The number of aryl methyl sites for hydroxylation is 2. The van der Waals surface area contributed by atoms with Crippen LogP contribution in [0.3, 0.4) is 0 Å². The number of imide groups is 1. The monoisotopic (exact) mass is 412 g/mol. The van der Waals surface area contributed by atoms with Crippen molar-refractivity contribution < 1.29 is 14.4 Å². The quantitative estimate of drug-likeness (QED) is 0.609. The van der Waals surface area contributed by atoms with Gasteiger partial charge in [0.1, 0.15) is 0 Å². The Bertz CT molecular complexity index is 1150. The van der Waals surface area contributed by atoms with Gasteiger partial charge in [-0.05, 0) is 79.3 Å². The summed E-state index contributed by atoms with van der Waals surface area (Å²) in [6, 6.07) is 12.7. The second kappa shape index (κ2) is 6.39. The van der Waals surface area contributed by atoms with Crippen LogP contribution in [-0.4, -0.2) is 17.7 Å². The fourth-order valence-electron chi connectivity index (χ4n) is 6.07. The molecule has 1 aliphatic heterocycles. The molecule has 5 nitrogen and oxygen atoms in total. The average molecular weight is 412 g/mol. The molecule has 6 atom stereocenters. The lowest BCUT2D eigenvalue weighted by Crippen LogP contribution is -2.40. The number of benzene rings is 2. The molecule has 0 aromatic heterocycles. The molecule has 0 radical (unpaired) electrons. The zero-order valence-electron chi connectivity index (χ0n) is 17.5. The van der Waals surface area contributed by atoms with E-state index in [0.29, 0.717) is 28.8 Å². The normalized spacial score (nSPS) is 32.1. The number of allylic oxidation sites excluding steroid dienone is 2. The molecule has 1 N–H and O–H groups in total. The third-order valence-corrected chi connectivity index (χ3v) is 7.82. The van der Waals surface area contributed by atoms with Crippen LogP contribution in [0, 0.1) is 49.4 Å². The predicted octanol–water partition coefficient (Wildman–Crippen LogP) is 4.11. The first-order valence-electron chi connectivity index (χ1n) is 11.0. The van der Waals surface area contributed by atoms with Crippen molar-refractivity contribution >= 4 is 29.1 Å². The number of carbonyl (C=O) groups excluding carboxylic acids is 3. The minimum Gasteiger partial charge on any atom is -0.322 e. The third kappa shape index (κ3) is 2.59. The highest BCUT2D eigenvalue weighted by molar-refractivity contribution is 6.25. The maximum Gasteiger partial charge on any atom is 0.257 e. The first-order chi connectivity index (χ1) is 15.0. The molecule has 31 heavy (non-hydrogen) atoms. The van der Waals surface area contributed by atoms with Crippen molar-refractivity contribution in [1.82, 2.24) is 0 Å². The number of amides is 3. The number of para-hydroxylation sites is 1. The Morgan fingerprint density at radius 2 is 1.55 bits per heavy atom. The molecular weight excluding hydrogens is 388 g/mol. The smallest absolute Gasteiger partial charge is 0.257 e. The Morgan fingerprint density at radius 1 is 0.903 bits per heavy atom. The number of nitrogens with zero attached hydrogens (tertiary/aromatic N) is 1. The van der Waals surface area contributed by atoms with Crippen LogP contribution in [0.4, 0.5) is 11.4 Å². The molecule has 1 heterocycles. The van der Waals surface area contributed by atoms with Crippen LogP contribution in [0.25, 0.3) is 0 Å². The van der Waals surface area contributed by atoms with E-state index in [4.69, 9.17) is 0 Å². The summed E-state index contributed by atoms with van der Waals surface area (Å²) in [5.41, 5.74) is 3.66. The van der Waals surface area contributed by atoms with Gasteiger partial charge in [-0.2, -0.15) is 0 Å². The number of rotatable bonds is 3. The van der Waals surface area contributed by atoms with Gasteiger partial charge in [0, 0.05) is 5.69 Å². The van der Waals surface area contributed by atoms with Gasteiger partial charge in [-0.1, -0.05) is 30.4 Å². The van der Waals surface area contributed by atoms with Crippen LogP contribution in [-0.2, 0) is 9.59 Å². The molecule has 7 rings (SSSR count). The van der Waals surface area contributed by atoms with Gasteiger partial charge < -0.3 is 5.32 Å². The van der Waals surface area contributed by atoms with Gasteiger partial charge in [0.2, 0.25) is 11.8 Å². The molecule has 2 aromatic rings. The molecule has 4 aliphatic carbocycles. The summed E-state index contributed by atoms with van der Waals surface area (Å²) < 4.78 is 0. The van der Waals surface area contributed by atoms with Gasteiger partial charge in [0.25, 0.3) is 5.91 Å². The highest BCUT2D eigenvalue weighted by atomic mass is 16.2. The Hall–Kier alpha value is -3.21. The standard InChI is InChI=1S/C26H24N2O3/c1-13-7-8-15(11-14(13)2)27-24(29)18-5-3-4-6-21(18)28-25(30)22-16-9-10-17(20-12-19(16)20)23(22)26(28)31/h3-11,16-17,19-20,22-23H,12H2,1-2H3,(H,27,29)/t16-,17+,19-,20-,22+,23+/m1/s1. The van der Waals surface area contributed by atoms with Crippen molar-refractivity contribution in [3.05, 3.63) is 71.3 Å². The molecule has 3 amide bonds. The van der Waals surface area contributed by atoms with Crippen molar-refractivity contribution in [2.24, 2.45) is 35.5 Å². The molecule has 0 unspecified atom stereocenters. The second-order valence-electron chi connectivity index (χ2n) is 9.44. The summed E-state index contributed by atoms with van der Waals surface area (Å²) in [6.07, 6.45) is 5.45. The maximum atomic E-state index is 13.5. The zero-order valence-corrected chi connectivity index (χ0v) is 17.5. The Labute approximate surface area is 181 Å². The summed E-state index contributed by atoms with van der Waals surface area (Å²) in [4.78, 5) is 41.4. The van der Waals surface area contributed by atoms with Gasteiger partial charge in [0.15, 0.2) is 0 Å². The lowest BCUT2D eigenvalue weighted by atomic mass is 9.63. The van der Waals surface area contributed by atoms with Crippen molar-refractivity contribution in [1.29, 1.82) is 0 Å². The summed E-state index contributed by atoms with van der Waals surface area (Å²) in [5, 5.41) is 2.93. The van der Waals surface area contributed by atoms with Crippen LogP contribution in [0.15, 0.2) is 54.6 Å². The number of nitrogens with one attached hydrogen (secondary N) is 1. The van der Waals surface area contributed by atoms with Gasteiger partial charge in [0.05, 0.1) is 23.1 Å². The van der Waals surface area contributed by atoms with Gasteiger partial charge in [-0.15, -0.1) is 0 Å². The van der Waals surface area contributed by atoms with Gasteiger partial charge >= 0.3 is 0 Å². The van der Waals surface area contributed by atoms with Crippen molar-refractivity contribution in [2.45, 2.75) is 20.3 Å². The number of hydrogen-bond donors (Lipinski definition) is 1. The van der Waals surface area contributed by atoms with Crippen molar-refractivity contribution in [3.63, 3.8) is 0 Å². The van der Waals surface area contributed by atoms with E-state index < -0.39 is 0 Å². The lowest BCUT2D eigenvalue weighted by Gasteiger charge is -2.37. The van der Waals surface area contributed by atoms with E-state index in [9.17, 15) is 14.4 Å². The van der Waals surface area contributed by atoms with E-state index in [1.165, 1.54) is 4.90 Å². The first-order valence-corrected chi connectivity index (χ1v) is 11.0. The molecule has 3 fully saturated rings. The maximum absolute atomic E-state index is 13.5. The van der Waals surface area contributed by atoms with E-state index in [1.807, 2.05) is 32.0 Å². The van der Waals surface area contributed by atoms with Crippen molar-refractivity contribution in [2.75, 3.05) is 10.2 Å². The van der Waals surface area contributed by atoms with Gasteiger partial charge in [-0.25, -0.2) is 4.90 Å². The third-order valence-electron chi connectivity index (χ3n) is 7.82. The lowest BCUT2D eigenvalue weighted by molar-refractivity contribution is -0.124. The van der Waals surface area contributed by atoms with Crippen LogP contribution in [0.1, 0.15) is 27.9 Å². The molecule has 5 heteroatoms. The van der Waals surface area contributed by atoms with E-state index in [2.05, 4.69) is 17.5 Å². The molecule has 156 valence electrons. The molecule has 2 saturated carbocycles. The SMILES string of the molecule is Cc1ccc(NC(=O)c2ccccc2N2C(=O)[C@H]3[C@@H]4C=C[C@@H]([C@H]5C[C@H]45)[C@@H]3C2=O)cc1C. The van der Waals surface area contributed by atoms with E-state index in [0.717, 1.165) is 17.5 Å².